The lowest BCUT2D eigenvalue weighted by molar-refractivity contribution is -0.146. The van der Waals surface area contributed by atoms with E-state index in [0.717, 1.165) is 31.1 Å². The molecule has 1 atom stereocenters. The predicted molar refractivity (Wildman–Crippen MR) is 95.8 cm³/mol. The quantitative estimate of drug-likeness (QED) is 0.858. The third-order valence-corrected chi connectivity index (χ3v) is 5.62. The summed E-state index contributed by atoms with van der Waals surface area (Å²) in [5.41, 5.74) is 1.66. The van der Waals surface area contributed by atoms with Crippen molar-refractivity contribution >= 4 is 23.6 Å². The first-order chi connectivity index (χ1) is 11.9. The molecule has 7 heteroatoms. The van der Waals surface area contributed by atoms with Crippen molar-refractivity contribution in [1.82, 2.24) is 15.1 Å². The molecule has 1 aromatic carbocycles. The van der Waals surface area contributed by atoms with Gasteiger partial charge < -0.3 is 15.3 Å². The Morgan fingerprint density at radius 1 is 1.36 bits per heavy atom. The average molecular weight is 366 g/mol. The van der Waals surface area contributed by atoms with Crippen LogP contribution in [0.5, 0.6) is 0 Å². The largest absolute Gasteiger partial charge is 0.481 e. The normalized spacial score (nSPS) is 23.4. The number of hydrogen-bond acceptors (Lipinski definition) is 3. The van der Waals surface area contributed by atoms with Crippen LogP contribution in [0.3, 0.4) is 0 Å². The van der Waals surface area contributed by atoms with E-state index in [9.17, 15) is 14.7 Å². The molecule has 6 nitrogen and oxygen atoms in total. The molecule has 0 aliphatic carbocycles. The number of fused-ring (bicyclic) bond motifs is 1. The molecule has 0 bridgehead atoms. The van der Waals surface area contributed by atoms with Crippen molar-refractivity contribution in [2.45, 2.75) is 26.3 Å². The third-order valence-electron chi connectivity index (χ3n) is 5.27. The maximum atomic E-state index is 12.2. The van der Waals surface area contributed by atoms with Crippen LogP contribution in [-0.4, -0.2) is 59.6 Å². The Labute approximate surface area is 152 Å². The van der Waals surface area contributed by atoms with Crippen LogP contribution < -0.4 is 5.32 Å². The number of nitrogens with one attached hydrogen (secondary N) is 1. The number of carbonyl (C=O) groups excluding carboxylic acids is 1. The second-order valence-corrected chi connectivity index (χ2v) is 7.58. The lowest BCUT2D eigenvalue weighted by Gasteiger charge is -2.29. The molecule has 1 saturated heterocycles. The Bertz CT molecular complexity index is 682. The fraction of sp³-hybridized carbons (Fsp3) is 0.556. The van der Waals surface area contributed by atoms with Gasteiger partial charge in [0.25, 0.3) is 0 Å². The number of rotatable bonds is 4. The zero-order valence-electron chi connectivity index (χ0n) is 14.4. The van der Waals surface area contributed by atoms with E-state index in [1.165, 1.54) is 11.1 Å². The molecule has 0 radical (unpaired) electrons. The van der Waals surface area contributed by atoms with Gasteiger partial charge in [-0.1, -0.05) is 23.7 Å². The summed E-state index contributed by atoms with van der Waals surface area (Å²) in [5, 5.41) is 13.0. The lowest BCUT2D eigenvalue weighted by atomic mass is 9.90. The van der Waals surface area contributed by atoms with Crippen LogP contribution in [0.4, 0.5) is 4.79 Å². The van der Waals surface area contributed by atoms with E-state index in [4.69, 9.17) is 11.6 Å². The fourth-order valence-corrected chi connectivity index (χ4v) is 3.84. The maximum absolute atomic E-state index is 12.2. The minimum atomic E-state index is -0.839. The van der Waals surface area contributed by atoms with Gasteiger partial charge in [0.1, 0.15) is 0 Å². The summed E-state index contributed by atoms with van der Waals surface area (Å²) in [7, 11) is 0. The molecule has 2 aliphatic rings. The minimum absolute atomic E-state index is 0.176. The minimum Gasteiger partial charge on any atom is -0.481 e. The van der Waals surface area contributed by atoms with Gasteiger partial charge in [0.15, 0.2) is 0 Å². The number of carboxylic acid groups (broad SMARTS) is 1. The maximum Gasteiger partial charge on any atom is 0.317 e. The number of carboxylic acids is 1. The molecule has 0 saturated carbocycles. The van der Waals surface area contributed by atoms with E-state index in [0.29, 0.717) is 19.5 Å². The number of urea groups is 1. The number of benzene rings is 1. The van der Waals surface area contributed by atoms with Gasteiger partial charge in [-0.3, -0.25) is 9.69 Å². The molecule has 2 aliphatic heterocycles. The Morgan fingerprint density at radius 2 is 2.16 bits per heavy atom. The lowest BCUT2D eigenvalue weighted by Crippen LogP contribution is -2.44. The highest BCUT2D eigenvalue weighted by atomic mass is 35.5. The monoisotopic (exact) mass is 365 g/mol. The van der Waals surface area contributed by atoms with E-state index < -0.39 is 11.4 Å². The van der Waals surface area contributed by atoms with Crippen LogP contribution in [0.25, 0.3) is 0 Å². The van der Waals surface area contributed by atoms with Crippen molar-refractivity contribution in [3.63, 3.8) is 0 Å². The number of carbonyl (C=O) groups is 2. The highest BCUT2D eigenvalue weighted by Gasteiger charge is 2.42. The smallest absolute Gasteiger partial charge is 0.317 e. The molecule has 25 heavy (non-hydrogen) atoms. The molecule has 136 valence electrons. The second kappa shape index (κ2) is 7.22. The molecule has 3 rings (SSSR count). The number of aliphatic carboxylic acids is 1. The van der Waals surface area contributed by atoms with Gasteiger partial charge in [-0.2, -0.15) is 0 Å². The molecule has 1 unspecified atom stereocenters. The topological polar surface area (TPSA) is 72.9 Å². The SMILES string of the molecule is CC1(C(=O)O)CCN(C(=O)NCCN2CCc3c(Cl)cccc3C2)C1. The summed E-state index contributed by atoms with van der Waals surface area (Å²) in [6, 6.07) is 5.82. The van der Waals surface area contributed by atoms with Crippen molar-refractivity contribution in [3.05, 3.63) is 34.3 Å². The van der Waals surface area contributed by atoms with E-state index in [1.54, 1.807) is 11.8 Å². The number of amides is 2. The summed E-state index contributed by atoms with van der Waals surface area (Å²) in [6.45, 7) is 5.53. The summed E-state index contributed by atoms with van der Waals surface area (Å²) in [4.78, 5) is 27.4. The van der Waals surface area contributed by atoms with E-state index in [-0.39, 0.29) is 12.6 Å². The Kier molecular flexibility index (Phi) is 5.20. The van der Waals surface area contributed by atoms with Crippen molar-refractivity contribution in [2.24, 2.45) is 5.41 Å². The molecule has 1 fully saturated rings. The number of hydrogen-bond donors (Lipinski definition) is 2. The predicted octanol–water partition coefficient (Wildman–Crippen LogP) is 2.20. The highest BCUT2D eigenvalue weighted by molar-refractivity contribution is 6.31. The van der Waals surface area contributed by atoms with Gasteiger partial charge in [0.2, 0.25) is 0 Å². The van der Waals surface area contributed by atoms with E-state index in [2.05, 4.69) is 16.3 Å². The van der Waals surface area contributed by atoms with Crippen molar-refractivity contribution in [3.8, 4) is 0 Å². The van der Waals surface area contributed by atoms with Crippen LogP contribution in [0.1, 0.15) is 24.5 Å². The molecule has 0 spiro atoms. The van der Waals surface area contributed by atoms with Gasteiger partial charge in [-0.15, -0.1) is 0 Å². The summed E-state index contributed by atoms with van der Waals surface area (Å²) >= 11 is 6.23. The molecule has 0 aromatic heterocycles. The van der Waals surface area contributed by atoms with Crippen LogP contribution in [-0.2, 0) is 17.8 Å². The molecule has 1 aromatic rings. The number of halogens is 1. The molecule has 2 heterocycles. The van der Waals surface area contributed by atoms with Crippen molar-refractivity contribution in [1.29, 1.82) is 0 Å². The zero-order chi connectivity index (χ0) is 18.0. The standard InChI is InChI=1S/C18H24ClN3O3/c1-18(16(23)24)6-9-22(12-18)17(25)20-7-10-21-8-5-14-13(11-21)3-2-4-15(14)19/h2-4H,5-12H2,1H3,(H,20,25)(H,23,24). The van der Waals surface area contributed by atoms with E-state index in [1.807, 2.05) is 12.1 Å². The molecule has 2 N–H and O–H groups in total. The molecule has 2 amide bonds. The Morgan fingerprint density at radius 3 is 2.88 bits per heavy atom. The first-order valence-electron chi connectivity index (χ1n) is 8.64. The van der Waals surface area contributed by atoms with Crippen LogP contribution in [0.2, 0.25) is 5.02 Å². The average Bonchev–Trinajstić information content (AvgIpc) is 2.99. The Balaban J connectivity index is 1.45. The summed E-state index contributed by atoms with van der Waals surface area (Å²) in [6.07, 6.45) is 1.42. The summed E-state index contributed by atoms with van der Waals surface area (Å²) in [5.74, 6) is -0.839. The first kappa shape index (κ1) is 18.0. The Hall–Kier alpha value is -1.79. The summed E-state index contributed by atoms with van der Waals surface area (Å²) < 4.78 is 0. The van der Waals surface area contributed by atoms with Crippen molar-refractivity contribution in [2.75, 3.05) is 32.7 Å². The van der Waals surface area contributed by atoms with Gasteiger partial charge in [-0.05, 0) is 37.0 Å². The van der Waals surface area contributed by atoms with E-state index >= 15 is 0 Å². The van der Waals surface area contributed by atoms with Gasteiger partial charge in [-0.25, -0.2) is 4.79 Å². The van der Waals surface area contributed by atoms with Crippen LogP contribution >= 0.6 is 11.6 Å². The zero-order valence-corrected chi connectivity index (χ0v) is 15.2. The number of nitrogens with zero attached hydrogens (tertiary/aromatic N) is 2. The van der Waals surface area contributed by atoms with Crippen LogP contribution in [0.15, 0.2) is 18.2 Å². The highest BCUT2D eigenvalue weighted by Crippen LogP contribution is 2.30. The number of likely N-dealkylation sites (tertiary alicyclic amines) is 1. The van der Waals surface area contributed by atoms with Crippen molar-refractivity contribution < 1.29 is 14.7 Å². The third kappa shape index (κ3) is 3.90. The van der Waals surface area contributed by atoms with Gasteiger partial charge in [0, 0.05) is 44.3 Å². The molecular formula is C18H24ClN3O3. The first-order valence-corrected chi connectivity index (χ1v) is 9.02. The van der Waals surface area contributed by atoms with Gasteiger partial charge in [0.05, 0.1) is 5.41 Å². The fourth-order valence-electron chi connectivity index (χ4n) is 3.55. The van der Waals surface area contributed by atoms with Gasteiger partial charge >= 0.3 is 12.0 Å². The van der Waals surface area contributed by atoms with Crippen LogP contribution in [0, 0.1) is 5.41 Å². The molecular weight excluding hydrogens is 342 g/mol. The second-order valence-electron chi connectivity index (χ2n) is 7.17.